The number of aromatic nitrogens is 1. The summed E-state index contributed by atoms with van der Waals surface area (Å²) in [6, 6.07) is 9.55. The summed E-state index contributed by atoms with van der Waals surface area (Å²) in [6.07, 6.45) is 8.46. The highest BCUT2D eigenvalue weighted by molar-refractivity contribution is 5.61. The van der Waals surface area contributed by atoms with Gasteiger partial charge in [-0.2, -0.15) is 0 Å². The first-order valence-corrected chi connectivity index (χ1v) is 6.32. The minimum Gasteiger partial charge on any atom is -0.408 e. The molecular formula is C15H15NO2. The third-order valence-electron chi connectivity index (χ3n) is 3.28. The van der Waals surface area contributed by atoms with Crippen molar-refractivity contribution in [2.75, 3.05) is 0 Å². The number of allylic oxidation sites excluding steroid dienone is 2. The quantitative estimate of drug-likeness (QED) is 0.807. The van der Waals surface area contributed by atoms with Crippen molar-refractivity contribution < 1.29 is 4.42 Å². The van der Waals surface area contributed by atoms with E-state index in [1.807, 2.05) is 30.3 Å². The fourth-order valence-electron chi connectivity index (χ4n) is 2.32. The summed E-state index contributed by atoms with van der Waals surface area (Å²) in [4.78, 5) is 11.9. The van der Waals surface area contributed by atoms with E-state index in [1.165, 1.54) is 12.8 Å². The topological polar surface area (TPSA) is 35.1 Å². The average Bonchev–Trinajstić information content (AvgIpc) is 2.83. The van der Waals surface area contributed by atoms with Gasteiger partial charge >= 0.3 is 5.76 Å². The molecule has 2 aromatic rings. The van der Waals surface area contributed by atoms with Crippen LogP contribution in [0, 0.1) is 0 Å². The largest absolute Gasteiger partial charge is 0.424 e. The van der Waals surface area contributed by atoms with Crippen LogP contribution >= 0.6 is 0 Å². The number of oxazole rings is 1. The van der Waals surface area contributed by atoms with Crippen LogP contribution in [0.15, 0.2) is 51.8 Å². The van der Waals surface area contributed by atoms with Crippen LogP contribution in [0.2, 0.25) is 0 Å². The minimum absolute atomic E-state index is 0.317. The predicted octanol–water partition coefficient (Wildman–Crippen LogP) is 3.39. The Labute approximate surface area is 105 Å². The van der Waals surface area contributed by atoms with Crippen molar-refractivity contribution in [3.05, 3.63) is 58.9 Å². The minimum atomic E-state index is -0.317. The first kappa shape index (κ1) is 11.1. The monoisotopic (exact) mass is 241 g/mol. The van der Waals surface area contributed by atoms with Crippen LogP contribution in [0.1, 0.15) is 31.4 Å². The zero-order valence-corrected chi connectivity index (χ0v) is 10.1. The molecule has 3 heteroatoms. The maximum Gasteiger partial charge on any atom is 0.424 e. The van der Waals surface area contributed by atoms with Crippen molar-refractivity contribution in [2.45, 2.75) is 25.7 Å². The molecule has 1 aliphatic rings. The Hall–Kier alpha value is -2.03. The Bertz CT molecular complexity index is 619. The van der Waals surface area contributed by atoms with Crippen LogP contribution in [0.25, 0.3) is 11.3 Å². The van der Waals surface area contributed by atoms with Gasteiger partial charge in [0.15, 0.2) is 5.76 Å². The standard InChI is InChI=1S/C15H15NO2/c17-15-16(13-9-5-2-6-10-13)11-14(18-15)12-7-3-1-4-8-12/h2,5-7,9-11H,1,3-4,8H2. The molecule has 0 amide bonds. The van der Waals surface area contributed by atoms with E-state index in [2.05, 4.69) is 6.08 Å². The average molecular weight is 241 g/mol. The molecule has 0 radical (unpaired) electrons. The Morgan fingerprint density at radius 2 is 1.94 bits per heavy atom. The van der Waals surface area contributed by atoms with Crippen LogP contribution < -0.4 is 5.76 Å². The summed E-state index contributed by atoms with van der Waals surface area (Å²) in [7, 11) is 0. The van der Waals surface area contributed by atoms with E-state index in [0.717, 1.165) is 24.1 Å². The molecule has 1 aromatic heterocycles. The third kappa shape index (κ3) is 2.04. The maximum atomic E-state index is 11.9. The Morgan fingerprint density at radius 1 is 1.11 bits per heavy atom. The van der Waals surface area contributed by atoms with E-state index >= 15 is 0 Å². The summed E-state index contributed by atoms with van der Waals surface area (Å²) in [5.74, 6) is 0.395. The Balaban J connectivity index is 2.01. The van der Waals surface area contributed by atoms with E-state index in [4.69, 9.17) is 4.42 Å². The highest BCUT2D eigenvalue weighted by atomic mass is 16.4. The molecule has 92 valence electrons. The van der Waals surface area contributed by atoms with Gasteiger partial charge in [-0.15, -0.1) is 0 Å². The molecule has 0 atom stereocenters. The molecule has 0 bridgehead atoms. The Kier molecular flexibility index (Phi) is 2.89. The molecule has 1 heterocycles. The summed E-state index contributed by atoms with van der Waals surface area (Å²) in [5, 5.41) is 0. The lowest BCUT2D eigenvalue weighted by molar-refractivity contribution is 0.489. The van der Waals surface area contributed by atoms with E-state index in [-0.39, 0.29) is 5.76 Å². The van der Waals surface area contributed by atoms with Crippen LogP contribution in [0.4, 0.5) is 0 Å². The molecule has 1 aromatic carbocycles. The summed E-state index contributed by atoms with van der Waals surface area (Å²) >= 11 is 0. The highest BCUT2D eigenvalue weighted by Gasteiger charge is 2.13. The lowest BCUT2D eigenvalue weighted by Crippen LogP contribution is -2.10. The number of benzene rings is 1. The number of para-hydroxylation sites is 1. The number of hydrogen-bond donors (Lipinski definition) is 0. The summed E-state index contributed by atoms with van der Waals surface area (Å²) < 4.78 is 6.91. The molecule has 0 fully saturated rings. The van der Waals surface area contributed by atoms with E-state index in [0.29, 0.717) is 5.76 Å². The zero-order valence-electron chi connectivity index (χ0n) is 10.1. The SMILES string of the molecule is O=c1oc(C2=CCCCC2)cn1-c1ccccc1. The lowest BCUT2D eigenvalue weighted by atomic mass is 9.98. The molecule has 0 aliphatic heterocycles. The fraction of sp³-hybridized carbons (Fsp3) is 0.267. The second-order valence-electron chi connectivity index (χ2n) is 4.54. The van der Waals surface area contributed by atoms with Crippen molar-refractivity contribution in [3.8, 4) is 5.69 Å². The van der Waals surface area contributed by atoms with Gasteiger partial charge in [0.2, 0.25) is 0 Å². The molecule has 1 aliphatic carbocycles. The van der Waals surface area contributed by atoms with E-state index in [9.17, 15) is 4.79 Å². The van der Waals surface area contributed by atoms with Gasteiger partial charge in [0, 0.05) is 0 Å². The number of rotatable bonds is 2. The molecule has 0 spiro atoms. The van der Waals surface area contributed by atoms with Crippen molar-refractivity contribution in [1.29, 1.82) is 0 Å². The van der Waals surface area contributed by atoms with Gasteiger partial charge in [-0.1, -0.05) is 24.3 Å². The van der Waals surface area contributed by atoms with Crippen LogP contribution in [0.3, 0.4) is 0 Å². The van der Waals surface area contributed by atoms with Crippen molar-refractivity contribution >= 4 is 5.57 Å². The Morgan fingerprint density at radius 3 is 2.67 bits per heavy atom. The van der Waals surface area contributed by atoms with Gasteiger partial charge in [0.1, 0.15) is 0 Å². The van der Waals surface area contributed by atoms with E-state index < -0.39 is 0 Å². The third-order valence-corrected chi connectivity index (χ3v) is 3.28. The van der Waals surface area contributed by atoms with Gasteiger partial charge in [-0.3, -0.25) is 0 Å². The number of nitrogens with zero attached hydrogens (tertiary/aromatic N) is 1. The van der Waals surface area contributed by atoms with Gasteiger partial charge in [0.25, 0.3) is 0 Å². The van der Waals surface area contributed by atoms with Crippen molar-refractivity contribution in [3.63, 3.8) is 0 Å². The van der Waals surface area contributed by atoms with Gasteiger partial charge in [-0.05, 0) is 43.4 Å². The summed E-state index contributed by atoms with van der Waals surface area (Å²) in [6.45, 7) is 0. The lowest BCUT2D eigenvalue weighted by Gasteiger charge is -2.08. The molecule has 0 unspecified atom stereocenters. The summed E-state index contributed by atoms with van der Waals surface area (Å²) in [5.41, 5.74) is 2.00. The fourth-order valence-corrected chi connectivity index (χ4v) is 2.32. The van der Waals surface area contributed by atoms with Crippen LogP contribution in [-0.2, 0) is 0 Å². The molecule has 0 saturated carbocycles. The molecule has 0 saturated heterocycles. The molecular weight excluding hydrogens is 226 g/mol. The first-order chi connectivity index (χ1) is 8.84. The van der Waals surface area contributed by atoms with Gasteiger partial charge in [0.05, 0.1) is 11.9 Å². The first-order valence-electron chi connectivity index (χ1n) is 6.32. The second-order valence-corrected chi connectivity index (χ2v) is 4.54. The highest BCUT2D eigenvalue weighted by Crippen LogP contribution is 2.26. The van der Waals surface area contributed by atoms with Crippen molar-refractivity contribution in [1.82, 2.24) is 4.57 Å². The van der Waals surface area contributed by atoms with Crippen LogP contribution in [-0.4, -0.2) is 4.57 Å². The number of hydrogen-bond acceptors (Lipinski definition) is 2. The predicted molar refractivity (Wildman–Crippen MR) is 70.8 cm³/mol. The molecule has 0 N–H and O–H groups in total. The van der Waals surface area contributed by atoms with Crippen molar-refractivity contribution in [2.24, 2.45) is 0 Å². The molecule has 18 heavy (non-hydrogen) atoms. The maximum absolute atomic E-state index is 11.9. The van der Waals surface area contributed by atoms with Crippen LogP contribution in [0.5, 0.6) is 0 Å². The smallest absolute Gasteiger partial charge is 0.408 e. The van der Waals surface area contributed by atoms with Gasteiger partial charge < -0.3 is 4.42 Å². The normalized spacial score (nSPS) is 15.4. The van der Waals surface area contributed by atoms with Gasteiger partial charge in [-0.25, -0.2) is 9.36 Å². The second kappa shape index (κ2) is 4.69. The zero-order chi connectivity index (χ0) is 12.4. The molecule has 3 nitrogen and oxygen atoms in total. The van der Waals surface area contributed by atoms with E-state index in [1.54, 1.807) is 10.8 Å². The molecule has 3 rings (SSSR count).